The molecule has 0 aliphatic rings. The van der Waals surface area contributed by atoms with Crippen molar-refractivity contribution in [2.75, 3.05) is 31.1 Å². The molecular weight excluding hydrogens is 305 g/mol. The first-order chi connectivity index (χ1) is 9.96. The minimum absolute atomic E-state index is 0.108. The largest absolute Gasteiger partial charge is 0.405 e. The van der Waals surface area contributed by atoms with Gasteiger partial charge in [-0.2, -0.15) is 13.2 Å². The Morgan fingerprint density at radius 3 is 2.86 bits per heavy atom. The molecule has 0 unspecified atom stereocenters. The molecule has 0 aromatic carbocycles. The third-order valence-corrected chi connectivity index (χ3v) is 3.68. The molecule has 2 aromatic heterocycles. The number of aliphatic hydroxyl groups excluding tert-OH is 1. The summed E-state index contributed by atoms with van der Waals surface area (Å²) in [5.41, 5.74) is 0.672. The number of anilines is 1. The molecule has 2 heterocycles. The summed E-state index contributed by atoms with van der Waals surface area (Å²) >= 11 is 1.36. The molecule has 0 atom stereocenters. The molecule has 2 aromatic rings. The van der Waals surface area contributed by atoms with Crippen LogP contribution in [0.1, 0.15) is 12.6 Å². The van der Waals surface area contributed by atoms with E-state index in [-0.39, 0.29) is 19.0 Å². The average Bonchev–Trinajstić information content (AvgIpc) is 2.95. The summed E-state index contributed by atoms with van der Waals surface area (Å²) < 4.78 is 39.9. The lowest BCUT2D eigenvalue weighted by molar-refractivity contribution is -0.120. The van der Waals surface area contributed by atoms with Crippen molar-refractivity contribution in [3.05, 3.63) is 17.3 Å². The van der Waals surface area contributed by atoms with Crippen LogP contribution < -0.4 is 10.2 Å². The number of halogens is 3. The molecule has 0 saturated carbocycles. The van der Waals surface area contributed by atoms with Crippen LogP contribution in [0.25, 0.3) is 4.96 Å². The van der Waals surface area contributed by atoms with E-state index in [2.05, 4.69) is 10.3 Å². The molecule has 0 saturated heterocycles. The van der Waals surface area contributed by atoms with Crippen LogP contribution in [0.4, 0.5) is 19.0 Å². The van der Waals surface area contributed by atoms with Gasteiger partial charge in [0, 0.05) is 24.7 Å². The van der Waals surface area contributed by atoms with Gasteiger partial charge in [-0.25, -0.2) is 4.98 Å². The lowest BCUT2D eigenvalue weighted by Crippen LogP contribution is -2.37. The van der Waals surface area contributed by atoms with Crippen LogP contribution in [0, 0.1) is 0 Å². The zero-order chi connectivity index (χ0) is 15.5. The zero-order valence-corrected chi connectivity index (χ0v) is 12.3. The van der Waals surface area contributed by atoms with E-state index in [1.165, 1.54) is 11.3 Å². The Balaban J connectivity index is 2.37. The highest BCUT2D eigenvalue weighted by Gasteiger charge is 2.33. The van der Waals surface area contributed by atoms with Gasteiger partial charge in [-0.1, -0.05) is 6.92 Å². The molecule has 0 radical (unpaired) electrons. The fourth-order valence-corrected chi connectivity index (χ4v) is 2.81. The summed E-state index contributed by atoms with van der Waals surface area (Å²) in [6, 6.07) is 0. The zero-order valence-electron chi connectivity index (χ0n) is 11.5. The average molecular weight is 322 g/mol. The van der Waals surface area contributed by atoms with Crippen molar-refractivity contribution < 1.29 is 18.3 Å². The van der Waals surface area contributed by atoms with Crippen molar-refractivity contribution >= 4 is 22.1 Å². The first kappa shape index (κ1) is 16.1. The molecule has 2 N–H and O–H groups in total. The van der Waals surface area contributed by atoms with Crippen LogP contribution in [-0.2, 0) is 6.54 Å². The van der Waals surface area contributed by atoms with Gasteiger partial charge in [-0.3, -0.25) is 4.40 Å². The maximum atomic E-state index is 12.7. The van der Waals surface area contributed by atoms with E-state index in [1.54, 1.807) is 10.6 Å². The van der Waals surface area contributed by atoms with E-state index in [0.717, 1.165) is 4.90 Å². The summed E-state index contributed by atoms with van der Waals surface area (Å²) in [7, 11) is 0. The highest BCUT2D eigenvalue weighted by Crippen LogP contribution is 2.27. The molecule has 118 valence electrons. The van der Waals surface area contributed by atoms with Gasteiger partial charge in [-0.05, 0) is 6.54 Å². The van der Waals surface area contributed by atoms with Crippen LogP contribution in [-0.4, -0.2) is 46.9 Å². The highest BCUT2D eigenvalue weighted by molar-refractivity contribution is 7.15. The smallest absolute Gasteiger partial charge is 0.395 e. The second kappa shape index (κ2) is 6.63. The topological polar surface area (TPSA) is 52.8 Å². The van der Waals surface area contributed by atoms with E-state index in [9.17, 15) is 13.2 Å². The van der Waals surface area contributed by atoms with Gasteiger partial charge in [0.25, 0.3) is 0 Å². The predicted octanol–water partition coefficient (Wildman–Crippen LogP) is 1.87. The summed E-state index contributed by atoms with van der Waals surface area (Å²) in [6.45, 7) is 1.45. The molecule has 21 heavy (non-hydrogen) atoms. The minimum atomic E-state index is -4.35. The summed E-state index contributed by atoms with van der Waals surface area (Å²) in [4.78, 5) is 6.00. The Kier molecular flexibility index (Phi) is 5.07. The Morgan fingerprint density at radius 2 is 2.24 bits per heavy atom. The first-order valence-corrected chi connectivity index (χ1v) is 7.42. The second-order valence-electron chi connectivity index (χ2n) is 4.48. The molecule has 5 nitrogen and oxygen atoms in total. The molecule has 2 rings (SSSR count). The Morgan fingerprint density at radius 1 is 1.48 bits per heavy atom. The molecule has 0 aliphatic carbocycles. The number of aliphatic hydroxyl groups is 1. The molecule has 0 spiro atoms. The van der Waals surface area contributed by atoms with E-state index in [1.807, 2.05) is 12.3 Å². The van der Waals surface area contributed by atoms with Crippen LogP contribution in [0.2, 0.25) is 0 Å². The fraction of sp³-hybridized carbons (Fsp3) is 0.583. The molecule has 0 aliphatic heterocycles. The third kappa shape index (κ3) is 3.86. The summed E-state index contributed by atoms with van der Waals surface area (Å²) in [5.74, 6) is 0.272. The summed E-state index contributed by atoms with van der Waals surface area (Å²) in [5, 5.41) is 14.0. The highest BCUT2D eigenvalue weighted by atomic mass is 32.1. The number of nitrogens with one attached hydrogen (secondary N) is 1. The molecule has 9 heteroatoms. The van der Waals surface area contributed by atoms with E-state index < -0.39 is 12.7 Å². The minimum Gasteiger partial charge on any atom is -0.395 e. The lowest BCUT2D eigenvalue weighted by Gasteiger charge is -2.24. The van der Waals surface area contributed by atoms with Crippen molar-refractivity contribution in [3.63, 3.8) is 0 Å². The van der Waals surface area contributed by atoms with E-state index in [0.29, 0.717) is 23.7 Å². The number of imidazole rings is 1. The van der Waals surface area contributed by atoms with Crippen LogP contribution in [0.3, 0.4) is 0 Å². The van der Waals surface area contributed by atoms with Crippen molar-refractivity contribution in [1.29, 1.82) is 0 Å². The first-order valence-electron chi connectivity index (χ1n) is 6.54. The Bertz CT molecular complexity index is 581. The quantitative estimate of drug-likeness (QED) is 0.817. The van der Waals surface area contributed by atoms with Crippen molar-refractivity contribution in [1.82, 2.24) is 14.7 Å². The predicted molar refractivity (Wildman–Crippen MR) is 75.8 cm³/mol. The van der Waals surface area contributed by atoms with Gasteiger partial charge in [0.15, 0.2) is 10.8 Å². The lowest BCUT2D eigenvalue weighted by atomic mass is 10.3. The van der Waals surface area contributed by atoms with Crippen molar-refractivity contribution in [2.45, 2.75) is 19.6 Å². The van der Waals surface area contributed by atoms with Crippen molar-refractivity contribution in [2.24, 2.45) is 0 Å². The van der Waals surface area contributed by atoms with Crippen LogP contribution >= 0.6 is 11.3 Å². The van der Waals surface area contributed by atoms with Gasteiger partial charge in [0.2, 0.25) is 0 Å². The number of hydrogen-bond donors (Lipinski definition) is 2. The number of nitrogens with zero attached hydrogens (tertiary/aromatic N) is 3. The monoisotopic (exact) mass is 322 g/mol. The summed E-state index contributed by atoms with van der Waals surface area (Å²) in [6.07, 6.45) is -2.56. The van der Waals surface area contributed by atoms with Gasteiger partial charge >= 0.3 is 6.18 Å². The third-order valence-electron chi connectivity index (χ3n) is 2.92. The van der Waals surface area contributed by atoms with E-state index in [4.69, 9.17) is 5.11 Å². The van der Waals surface area contributed by atoms with Gasteiger partial charge in [-0.15, -0.1) is 11.3 Å². The van der Waals surface area contributed by atoms with Gasteiger partial charge < -0.3 is 15.3 Å². The molecule has 0 amide bonds. The SMILES string of the molecule is CCNCc1c(N(CCO)CC(F)(F)F)nc2sccn12. The maximum Gasteiger partial charge on any atom is 0.405 e. The molecular formula is C12H17F3N4OS. The standard InChI is InChI=1S/C12H17F3N4OS/c1-2-16-7-9-10(17-11-19(9)4-6-21-11)18(3-5-20)8-12(13,14)15/h4,6,16,20H,2-3,5,7-8H2,1H3. The van der Waals surface area contributed by atoms with Crippen LogP contribution in [0.5, 0.6) is 0 Å². The fourth-order valence-electron chi connectivity index (χ4n) is 2.08. The van der Waals surface area contributed by atoms with Gasteiger partial charge in [0.1, 0.15) is 6.54 Å². The number of aromatic nitrogens is 2. The van der Waals surface area contributed by atoms with Gasteiger partial charge in [0.05, 0.1) is 12.3 Å². The second-order valence-corrected chi connectivity index (χ2v) is 5.35. The number of fused-ring (bicyclic) bond motifs is 1. The molecule has 0 bridgehead atoms. The molecule has 0 fully saturated rings. The normalized spacial score (nSPS) is 12.2. The Labute approximate surface area is 124 Å². The van der Waals surface area contributed by atoms with Crippen molar-refractivity contribution in [3.8, 4) is 0 Å². The van der Waals surface area contributed by atoms with Crippen LogP contribution in [0.15, 0.2) is 11.6 Å². The Hall–Kier alpha value is -1.32. The van der Waals surface area contributed by atoms with E-state index >= 15 is 0 Å². The number of rotatable bonds is 7. The maximum absolute atomic E-state index is 12.7. The number of alkyl halides is 3. The number of thiazole rings is 1. The number of hydrogen-bond acceptors (Lipinski definition) is 5.